The number of methoxy groups -OCH3 is 1. The molecule has 15 heavy (non-hydrogen) atoms. The predicted octanol–water partition coefficient (Wildman–Crippen LogP) is 2.31. The molecule has 0 bridgehead atoms. The minimum absolute atomic E-state index is 0.274. The Kier molecular flexibility index (Phi) is 2.32. The SMILES string of the molecule is COc1ccc(C(=O)O)c2sc(C)nc12. The Bertz CT molecular complexity index is 533. The number of ether oxygens (including phenoxy) is 1. The molecule has 2 rings (SSSR count). The van der Waals surface area contributed by atoms with Crippen LogP contribution in [0.4, 0.5) is 0 Å². The number of carboxylic acids is 1. The van der Waals surface area contributed by atoms with Crippen molar-refractivity contribution in [1.82, 2.24) is 4.98 Å². The van der Waals surface area contributed by atoms with Crippen LogP contribution >= 0.6 is 11.3 Å². The van der Waals surface area contributed by atoms with Gasteiger partial charge in [0.25, 0.3) is 0 Å². The summed E-state index contributed by atoms with van der Waals surface area (Å²) in [5, 5.41) is 9.82. The van der Waals surface area contributed by atoms with Gasteiger partial charge in [-0.1, -0.05) is 0 Å². The standard InChI is InChI=1S/C10H9NO3S/c1-5-11-8-7(14-2)4-3-6(10(12)13)9(8)15-5/h3-4H,1-2H3,(H,12,13). The first-order chi connectivity index (χ1) is 7.13. The van der Waals surface area contributed by atoms with E-state index in [2.05, 4.69) is 4.98 Å². The van der Waals surface area contributed by atoms with Crippen LogP contribution in [0.5, 0.6) is 5.75 Å². The van der Waals surface area contributed by atoms with E-state index in [9.17, 15) is 4.79 Å². The predicted molar refractivity (Wildman–Crippen MR) is 57.9 cm³/mol. The minimum Gasteiger partial charge on any atom is -0.494 e. The van der Waals surface area contributed by atoms with E-state index in [1.165, 1.54) is 11.3 Å². The zero-order valence-corrected chi connectivity index (χ0v) is 9.09. The molecule has 0 fully saturated rings. The molecule has 0 atom stereocenters. The fourth-order valence-corrected chi connectivity index (χ4v) is 2.36. The molecule has 78 valence electrons. The zero-order chi connectivity index (χ0) is 11.0. The van der Waals surface area contributed by atoms with Crippen molar-refractivity contribution >= 4 is 27.5 Å². The van der Waals surface area contributed by atoms with Gasteiger partial charge in [0.15, 0.2) is 0 Å². The first kappa shape index (κ1) is 9.92. The lowest BCUT2D eigenvalue weighted by Crippen LogP contribution is -1.96. The summed E-state index contributed by atoms with van der Waals surface area (Å²) in [7, 11) is 1.55. The number of benzene rings is 1. The van der Waals surface area contributed by atoms with Crippen LogP contribution < -0.4 is 4.74 Å². The van der Waals surface area contributed by atoms with Crippen molar-refractivity contribution in [3.8, 4) is 5.75 Å². The van der Waals surface area contributed by atoms with Crippen LogP contribution in [-0.2, 0) is 0 Å². The third-order valence-corrected chi connectivity index (χ3v) is 3.07. The van der Waals surface area contributed by atoms with Crippen LogP contribution in [0, 0.1) is 6.92 Å². The van der Waals surface area contributed by atoms with Gasteiger partial charge in [0.1, 0.15) is 11.3 Å². The molecule has 0 saturated carbocycles. The number of hydrogen-bond donors (Lipinski definition) is 1. The van der Waals surface area contributed by atoms with E-state index in [0.29, 0.717) is 16.0 Å². The maximum atomic E-state index is 11.0. The number of carboxylic acid groups (broad SMARTS) is 1. The van der Waals surface area contributed by atoms with Gasteiger partial charge in [0, 0.05) is 0 Å². The smallest absolute Gasteiger partial charge is 0.337 e. The number of nitrogens with zero attached hydrogens (tertiary/aromatic N) is 1. The van der Waals surface area contributed by atoms with E-state index in [1.54, 1.807) is 19.2 Å². The summed E-state index contributed by atoms with van der Waals surface area (Å²) in [6.07, 6.45) is 0. The van der Waals surface area contributed by atoms with Crippen molar-refractivity contribution in [1.29, 1.82) is 0 Å². The van der Waals surface area contributed by atoms with Crippen molar-refractivity contribution in [3.63, 3.8) is 0 Å². The van der Waals surface area contributed by atoms with E-state index in [0.717, 1.165) is 5.01 Å². The normalized spacial score (nSPS) is 10.5. The van der Waals surface area contributed by atoms with Crippen molar-refractivity contribution in [2.45, 2.75) is 6.92 Å². The van der Waals surface area contributed by atoms with E-state index in [4.69, 9.17) is 9.84 Å². The van der Waals surface area contributed by atoms with Gasteiger partial charge in [-0.25, -0.2) is 9.78 Å². The van der Waals surface area contributed by atoms with Crippen molar-refractivity contribution in [2.75, 3.05) is 7.11 Å². The third-order valence-electron chi connectivity index (χ3n) is 2.06. The number of aromatic carboxylic acids is 1. The fourth-order valence-electron chi connectivity index (χ4n) is 1.42. The lowest BCUT2D eigenvalue weighted by Gasteiger charge is -2.01. The fraction of sp³-hybridized carbons (Fsp3) is 0.200. The average Bonchev–Trinajstić information content (AvgIpc) is 2.56. The molecule has 0 amide bonds. The highest BCUT2D eigenvalue weighted by Gasteiger charge is 2.15. The highest BCUT2D eigenvalue weighted by Crippen LogP contribution is 2.32. The van der Waals surface area contributed by atoms with Gasteiger partial charge >= 0.3 is 5.97 Å². The summed E-state index contributed by atoms with van der Waals surface area (Å²) >= 11 is 1.36. The van der Waals surface area contributed by atoms with Crippen molar-refractivity contribution < 1.29 is 14.6 Å². The maximum absolute atomic E-state index is 11.0. The number of fused-ring (bicyclic) bond motifs is 1. The molecule has 0 aliphatic carbocycles. The summed E-state index contributed by atoms with van der Waals surface area (Å²) in [5.74, 6) is -0.328. The topological polar surface area (TPSA) is 59.4 Å². The molecule has 0 saturated heterocycles. The maximum Gasteiger partial charge on any atom is 0.337 e. The molecule has 0 aliphatic rings. The first-order valence-electron chi connectivity index (χ1n) is 4.31. The zero-order valence-electron chi connectivity index (χ0n) is 8.27. The van der Waals surface area contributed by atoms with Crippen LogP contribution in [0.1, 0.15) is 15.4 Å². The molecule has 2 aromatic rings. The monoisotopic (exact) mass is 223 g/mol. The van der Waals surface area contributed by atoms with Gasteiger partial charge in [0.2, 0.25) is 0 Å². The molecule has 4 nitrogen and oxygen atoms in total. The number of aryl methyl sites for hydroxylation is 1. The second-order valence-electron chi connectivity index (χ2n) is 3.03. The molecule has 1 aromatic heterocycles. The van der Waals surface area contributed by atoms with Crippen LogP contribution in [0.3, 0.4) is 0 Å². The lowest BCUT2D eigenvalue weighted by molar-refractivity contribution is 0.0699. The van der Waals surface area contributed by atoms with E-state index < -0.39 is 5.97 Å². The van der Waals surface area contributed by atoms with Crippen molar-refractivity contribution in [3.05, 3.63) is 22.7 Å². The van der Waals surface area contributed by atoms with Gasteiger partial charge in [-0.05, 0) is 19.1 Å². The molecule has 0 radical (unpaired) electrons. The number of thiazole rings is 1. The summed E-state index contributed by atoms with van der Waals surface area (Å²) < 4.78 is 5.79. The molecule has 0 aliphatic heterocycles. The molecule has 0 spiro atoms. The van der Waals surface area contributed by atoms with Gasteiger partial charge in [0.05, 0.1) is 22.4 Å². The average molecular weight is 223 g/mol. The van der Waals surface area contributed by atoms with Crippen LogP contribution in [0.2, 0.25) is 0 Å². The Morgan fingerprint density at radius 2 is 2.27 bits per heavy atom. The largest absolute Gasteiger partial charge is 0.494 e. The summed E-state index contributed by atoms with van der Waals surface area (Å²) in [5.41, 5.74) is 0.899. The molecule has 5 heteroatoms. The molecule has 1 aromatic carbocycles. The molecule has 0 unspecified atom stereocenters. The van der Waals surface area contributed by atoms with E-state index in [1.807, 2.05) is 6.92 Å². The Morgan fingerprint density at radius 3 is 2.87 bits per heavy atom. The van der Waals surface area contributed by atoms with Crippen molar-refractivity contribution in [2.24, 2.45) is 0 Å². The second-order valence-corrected chi connectivity index (χ2v) is 4.23. The van der Waals surface area contributed by atoms with Gasteiger partial charge in [-0.3, -0.25) is 0 Å². The van der Waals surface area contributed by atoms with Gasteiger partial charge < -0.3 is 9.84 Å². The molecule has 1 N–H and O–H groups in total. The van der Waals surface area contributed by atoms with Crippen LogP contribution in [0.15, 0.2) is 12.1 Å². The van der Waals surface area contributed by atoms with E-state index >= 15 is 0 Å². The molecular weight excluding hydrogens is 214 g/mol. The van der Waals surface area contributed by atoms with Crippen LogP contribution in [-0.4, -0.2) is 23.2 Å². The van der Waals surface area contributed by atoms with Crippen LogP contribution in [0.25, 0.3) is 10.2 Å². The third kappa shape index (κ3) is 1.55. The second kappa shape index (κ2) is 3.51. The first-order valence-corrected chi connectivity index (χ1v) is 5.12. The number of aromatic nitrogens is 1. The minimum atomic E-state index is -0.939. The molecule has 1 heterocycles. The Labute approximate surface area is 90.1 Å². The summed E-state index contributed by atoms with van der Waals surface area (Å²) in [6.45, 7) is 1.84. The quantitative estimate of drug-likeness (QED) is 0.848. The Morgan fingerprint density at radius 1 is 1.53 bits per heavy atom. The number of carbonyl (C=O) groups is 1. The number of hydrogen-bond acceptors (Lipinski definition) is 4. The number of rotatable bonds is 2. The van der Waals surface area contributed by atoms with Gasteiger partial charge in [-0.2, -0.15) is 0 Å². The highest BCUT2D eigenvalue weighted by molar-refractivity contribution is 7.19. The van der Waals surface area contributed by atoms with Gasteiger partial charge in [-0.15, -0.1) is 11.3 Å². The molecular formula is C10H9NO3S. The highest BCUT2D eigenvalue weighted by atomic mass is 32.1. The lowest BCUT2D eigenvalue weighted by atomic mass is 10.2. The van der Waals surface area contributed by atoms with E-state index in [-0.39, 0.29) is 5.56 Å². The summed E-state index contributed by atoms with van der Waals surface area (Å²) in [6, 6.07) is 3.17. The summed E-state index contributed by atoms with van der Waals surface area (Å²) in [4.78, 5) is 15.2. The Balaban J connectivity index is 2.82. The Hall–Kier alpha value is -1.62.